The lowest BCUT2D eigenvalue weighted by Gasteiger charge is -2.29. The van der Waals surface area contributed by atoms with Crippen LogP contribution in [0.5, 0.6) is 17.2 Å². The Morgan fingerprint density at radius 1 is 1.00 bits per heavy atom. The molecule has 3 heterocycles. The summed E-state index contributed by atoms with van der Waals surface area (Å²) in [4.78, 5) is 29.5. The van der Waals surface area contributed by atoms with E-state index in [-0.39, 0.29) is 33.8 Å². The van der Waals surface area contributed by atoms with E-state index >= 15 is 0 Å². The molecular formula is C37H41Cl2N3O8S. The van der Waals surface area contributed by atoms with Crippen LogP contribution in [0.2, 0.25) is 10.0 Å². The van der Waals surface area contributed by atoms with Gasteiger partial charge in [0, 0.05) is 22.9 Å². The number of benzene rings is 2. The number of thiophene rings is 1. The Hall–Kier alpha value is -4.07. The van der Waals surface area contributed by atoms with Crippen molar-refractivity contribution in [3.8, 4) is 17.2 Å². The first-order valence-electron chi connectivity index (χ1n) is 16.4. The van der Waals surface area contributed by atoms with Crippen molar-refractivity contribution in [3.63, 3.8) is 0 Å². The number of aromatic carboxylic acids is 1. The molecule has 5 rings (SSSR count). The van der Waals surface area contributed by atoms with Crippen LogP contribution in [0.3, 0.4) is 0 Å². The van der Waals surface area contributed by atoms with Crippen LogP contribution in [-0.4, -0.2) is 70.0 Å². The summed E-state index contributed by atoms with van der Waals surface area (Å²) in [5.74, 6) is -0.284. The van der Waals surface area contributed by atoms with Crippen LogP contribution < -0.4 is 24.3 Å². The summed E-state index contributed by atoms with van der Waals surface area (Å²) in [5.41, 5.74) is 2.36. The third-order valence-electron chi connectivity index (χ3n) is 9.10. The molecule has 2 aromatic carbocycles. The van der Waals surface area contributed by atoms with Crippen molar-refractivity contribution in [2.75, 3.05) is 48.1 Å². The molecule has 1 aliphatic heterocycles. The van der Waals surface area contributed by atoms with Crippen LogP contribution in [0, 0.1) is 11.1 Å². The van der Waals surface area contributed by atoms with Gasteiger partial charge in [0.2, 0.25) is 0 Å². The number of aromatic nitrogens is 1. The lowest BCUT2D eigenvalue weighted by atomic mass is 9.85. The number of piperidine rings is 1. The molecule has 1 saturated heterocycles. The average Bonchev–Trinajstić information content (AvgIpc) is 3.55. The Morgan fingerprint density at radius 2 is 1.71 bits per heavy atom. The van der Waals surface area contributed by atoms with Crippen LogP contribution >= 0.6 is 34.5 Å². The normalized spacial score (nSPS) is 14.9. The largest absolute Gasteiger partial charge is 0.619 e. The maximum atomic E-state index is 13.7. The second kappa shape index (κ2) is 17.4. The first-order chi connectivity index (χ1) is 24.5. The molecule has 2 N–H and O–H groups in total. The Kier molecular flexibility index (Phi) is 13.0. The molecule has 11 nitrogen and oxygen atoms in total. The van der Waals surface area contributed by atoms with Crippen molar-refractivity contribution >= 4 is 46.5 Å². The second-order valence-corrected chi connectivity index (χ2v) is 14.4. The molecule has 0 radical (unpaired) electrons. The molecule has 0 saturated carbocycles. The predicted octanol–water partition coefficient (Wildman–Crippen LogP) is 6.50. The number of hydrogen-bond donors (Lipinski definition) is 2. The maximum Gasteiger partial charge on any atom is 0.346 e. The first-order valence-corrected chi connectivity index (χ1v) is 18.0. The van der Waals surface area contributed by atoms with Gasteiger partial charge in [0.05, 0.1) is 27.9 Å². The highest BCUT2D eigenvalue weighted by molar-refractivity contribution is 7.14. The fourth-order valence-electron chi connectivity index (χ4n) is 6.25. The highest BCUT2D eigenvalue weighted by Crippen LogP contribution is 2.41. The minimum absolute atomic E-state index is 0.108. The molecule has 272 valence electrons. The number of halogens is 2. The van der Waals surface area contributed by atoms with Crippen LogP contribution in [0.4, 0.5) is 0 Å². The van der Waals surface area contributed by atoms with Crippen molar-refractivity contribution in [3.05, 3.63) is 108 Å². The van der Waals surface area contributed by atoms with Crippen molar-refractivity contribution in [2.45, 2.75) is 37.8 Å². The molecule has 0 spiro atoms. The van der Waals surface area contributed by atoms with E-state index in [1.807, 2.05) is 18.2 Å². The lowest BCUT2D eigenvalue weighted by molar-refractivity contribution is -0.605. The van der Waals surface area contributed by atoms with E-state index < -0.39 is 23.9 Å². The molecule has 2 aromatic heterocycles. The number of esters is 1. The van der Waals surface area contributed by atoms with E-state index in [0.717, 1.165) is 37.3 Å². The number of carbonyl (C=O) groups is 2. The molecule has 51 heavy (non-hydrogen) atoms. The Balaban J connectivity index is 1.48. The number of methoxy groups -OCH3 is 3. The van der Waals surface area contributed by atoms with Gasteiger partial charge in [0.1, 0.15) is 26.7 Å². The summed E-state index contributed by atoms with van der Waals surface area (Å²) in [6.45, 7) is 2.40. The van der Waals surface area contributed by atoms with Gasteiger partial charge in [-0.25, -0.2) is 9.59 Å². The number of rotatable bonds is 15. The van der Waals surface area contributed by atoms with E-state index in [0.29, 0.717) is 55.7 Å². The van der Waals surface area contributed by atoms with Gasteiger partial charge in [0.15, 0.2) is 23.9 Å². The average molecular weight is 759 g/mol. The SMILES string of the molecule is COc1cccc(C(NCc2cc([C@@H](Cc3c(Cl)c[n+]([O-])cc3Cl)c3ccc(OC)c(OC)c3)c(C(=O)O)s2)C(=O)OCC2CCN(C)CC2)c1. The van der Waals surface area contributed by atoms with Gasteiger partial charge in [-0.05, 0) is 92.3 Å². The number of carbonyl (C=O) groups excluding carboxylic acids is 1. The summed E-state index contributed by atoms with van der Waals surface area (Å²) in [6.07, 6.45) is 4.50. The van der Waals surface area contributed by atoms with Gasteiger partial charge in [-0.1, -0.05) is 41.4 Å². The first kappa shape index (κ1) is 38.2. The number of ether oxygens (including phenoxy) is 4. The predicted molar refractivity (Wildman–Crippen MR) is 196 cm³/mol. The summed E-state index contributed by atoms with van der Waals surface area (Å²) in [6, 6.07) is 13.5. The summed E-state index contributed by atoms with van der Waals surface area (Å²) < 4.78 is 22.8. The zero-order valence-corrected chi connectivity index (χ0v) is 31.1. The third kappa shape index (κ3) is 9.43. The van der Waals surface area contributed by atoms with E-state index in [4.69, 9.17) is 42.1 Å². The minimum atomic E-state index is -1.11. The second-order valence-electron chi connectivity index (χ2n) is 12.4. The molecule has 14 heteroatoms. The molecule has 0 bridgehead atoms. The molecule has 4 aromatic rings. The van der Waals surface area contributed by atoms with Crippen LogP contribution in [-0.2, 0) is 22.5 Å². The summed E-state index contributed by atoms with van der Waals surface area (Å²) >= 11 is 14.1. The molecule has 1 unspecified atom stereocenters. The fraction of sp³-hybridized carbons (Fsp3) is 0.378. The Morgan fingerprint density at radius 3 is 2.35 bits per heavy atom. The highest BCUT2D eigenvalue weighted by atomic mass is 35.5. The molecule has 0 aliphatic carbocycles. The van der Waals surface area contributed by atoms with Gasteiger partial charge in [-0.2, -0.15) is 4.73 Å². The van der Waals surface area contributed by atoms with Gasteiger partial charge in [-0.15, -0.1) is 11.3 Å². The number of pyridine rings is 1. The van der Waals surface area contributed by atoms with E-state index in [1.54, 1.807) is 37.4 Å². The number of carboxylic acid groups (broad SMARTS) is 1. The number of carboxylic acids is 1. The lowest BCUT2D eigenvalue weighted by Crippen LogP contribution is -2.34. The quantitative estimate of drug-likeness (QED) is 0.0787. The zero-order valence-electron chi connectivity index (χ0n) is 28.8. The topological polar surface area (TPSA) is 134 Å². The Labute approximate surface area is 311 Å². The summed E-state index contributed by atoms with van der Waals surface area (Å²) in [5, 5.41) is 26.1. The monoisotopic (exact) mass is 757 g/mol. The third-order valence-corrected chi connectivity index (χ3v) is 10.9. The molecule has 1 fully saturated rings. The molecule has 1 aliphatic rings. The number of nitrogens with one attached hydrogen (secondary N) is 1. The Bertz CT molecular complexity index is 1820. The number of nitrogens with zero attached hydrogens (tertiary/aromatic N) is 2. The van der Waals surface area contributed by atoms with Crippen molar-refractivity contribution in [1.82, 2.24) is 10.2 Å². The van der Waals surface area contributed by atoms with Crippen molar-refractivity contribution < 1.29 is 38.4 Å². The fourth-order valence-corrected chi connectivity index (χ4v) is 7.86. The summed E-state index contributed by atoms with van der Waals surface area (Å²) in [7, 11) is 6.69. The van der Waals surface area contributed by atoms with E-state index in [2.05, 4.69) is 17.3 Å². The zero-order chi connectivity index (χ0) is 36.7. The van der Waals surface area contributed by atoms with Crippen molar-refractivity contribution in [1.29, 1.82) is 0 Å². The maximum absolute atomic E-state index is 13.7. The minimum Gasteiger partial charge on any atom is -0.619 e. The standard InChI is InChI=1S/C37H41Cl2N3O8S/c1-41-12-10-22(11-13-41)21-50-37(45)34(24-6-5-7-25(14-24)47-2)40-18-26-16-28(35(51-26)36(43)44)27(17-29-30(38)19-42(46)20-31(29)39)23-8-9-32(48-3)33(15-23)49-4/h5-9,14-16,19-20,22,27,34,40H,10-13,17-18,21H2,1-4H3,(H,43,44)/t27-,34?/m0/s1. The number of hydrogen-bond acceptors (Lipinski definition) is 10. The molecule has 2 atom stereocenters. The smallest absolute Gasteiger partial charge is 0.346 e. The van der Waals surface area contributed by atoms with Crippen LogP contribution in [0.15, 0.2) is 60.9 Å². The number of likely N-dealkylation sites (tertiary alicyclic amines) is 1. The molecule has 0 amide bonds. The van der Waals surface area contributed by atoms with Gasteiger partial charge in [-0.3, -0.25) is 5.32 Å². The van der Waals surface area contributed by atoms with Crippen molar-refractivity contribution in [2.24, 2.45) is 5.92 Å². The van der Waals surface area contributed by atoms with Gasteiger partial charge < -0.3 is 34.2 Å². The highest BCUT2D eigenvalue weighted by Gasteiger charge is 2.30. The van der Waals surface area contributed by atoms with Crippen LogP contribution in [0.1, 0.15) is 61.6 Å². The van der Waals surface area contributed by atoms with Gasteiger partial charge in [0.25, 0.3) is 0 Å². The van der Waals surface area contributed by atoms with Crippen LogP contribution in [0.25, 0.3) is 0 Å². The van der Waals surface area contributed by atoms with Gasteiger partial charge >= 0.3 is 11.9 Å². The van der Waals surface area contributed by atoms with E-state index in [9.17, 15) is 19.9 Å². The molecular weight excluding hydrogens is 717 g/mol. The van der Waals surface area contributed by atoms with E-state index in [1.165, 1.54) is 26.6 Å².